The van der Waals surface area contributed by atoms with Crippen molar-refractivity contribution in [3.63, 3.8) is 0 Å². The summed E-state index contributed by atoms with van der Waals surface area (Å²) in [5.41, 5.74) is 6.71. The molecule has 1 aliphatic heterocycles. The maximum atomic E-state index is 12.6. The Balaban J connectivity index is 1.92. The summed E-state index contributed by atoms with van der Waals surface area (Å²) in [6.07, 6.45) is 5.82. The van der Waals surface area contributed by atoms with Crippen LogP contribution in [0.1, 0.15) is 44.6 Å². The van der Waals surface area contributed by atoms with Crippen molar-refractivity contribution in [1.29, 1.82) is 0 Å². The molecule has 0 unspecified atom stereocenters. The highest BCUT2D eigenvalue weighted by Crippen LogP contribution is 2.24. The van der Waals surface area contributed by atoms with E-state index >= 15 is 0 Å². The van der Waals surface area contributed by atoms with Crippen LogP contribution in [0, 0.1) is 12.8 Å². The van der Waals surface area contributed by atoms with Crippen LogP contribution in [-0.2, 0) is 4.79 Å². The molecule has 1 fully saturated rings. The van der Waals surface area contributed by atoms with Gasteiger partial charge >= 0.3 is 6.03 Å². The summed E-state index contributed by atoms with van der Waals surface area (Å²) >= 11 is 0. The normalized spacial score (nSPS) is 17.7. The van der Waals surface area contributed by atoms with Crippen molar-refractivity contribution in [2.24, 2.45) is 11.7 Å². The standard InChI is InChI=1S/C19H29N3O3/c1-3-5-15-6-4-10-22(11-9-15)19(24)21-17-8-7-16(12-14(17)2)25-13-18(20)23/h7-8,12,15H,3-6,9-11,13H2,1-2H3,(H2,20,23)(H,21,24)/t15-/m0/s1. The molecule has 0 bridgehead atoms. The number of primary amides is 1. The first-order valence-corrected chi connectivity index (χ1v) is 9.07. The molecule has 0 aromatic heterocycles. The molecule has 1 aliphatic rings. The molecule has 2 rings (SSSR count). The lowest BCUT2D eigenvalue weighted by Gasteiger charge is -2.22. The molecule has 0 radical (unpaired) electrons. The highest BCUT2D eigenvalue weighted by atomic mass is 16.5. The van der Waals surface area contributed by atoms with Gasteiger partial charge in [-0.05, 0) is 55.9 Å². The second-order valence-corrected chi connectivity index (χ2v) is 6.73. The smallest absolute Gasteiger partial charge is 0.321 e. The second kappa shape index (κ2) is 9.30. The van der Waals surface area contributed by atoms with E-state index in [2.05, 4.69) is 12.2 Å². The molecule has 1 saturated heterocycles. The van der Waals surface area contributed by atoms with Crippen molar-refractivity contribution in [3.05, 3.63) is 23.8 Å². The number of ether oxygens (including phenoxy) is 1. The number of hydrogen-bond acceptors (Lipinski definition) is 3. The Morgan fingerprint density at radius 2 is 2.12 bits per heavy atom. The molecule has 1 aromatic carbocycles. The molecule has 1 aromatic rings. The molecular formula is C19H29N3O3. The summed E-state index contributed by atoms with van der Waals surface area (Å²) in [7, 11) is 0. The summed E-state index contributed by atoms with van der Waals surface area (Å²) in [6.45, 7) is 5.58. The van der Waals surface area contributed by atoms with Crippen molar-refractivity contribution in [2.45, 2.75) is 46.0 Å². The van der Waals surface area contributed by atoms with Crippen LogP contribution in [0.3, 0.4) is 0 Å². The van der Waals surface area contributed by atoms with Crippen LogP contribution in [-0.4, -0.2) is 36.5 Å². The summed E-state index contributed by atoms with van der Waals surface area (Å²) in [5, 5.41) is 2.99. The number of carbonyl (C=O) groups is 2. The fourth-order valence-electron chi connectivity index (χ4n) is 3.28. The molecule has 0 saturated carbocycles. The van der Waals surface area contributed by atoms with E-state index in [0.717, 1.165) is 43.1 Å². The Kier molecular flexibility index (Phi) is 7.10. The van der Waals surface area contributed by atoms with Crippen molar-refractivity contribution < 1.29 is 14.3 Å². The highest BCUT2D eigenvalue weighted by Gasteiger charge is 2.20. The Hall–Kier alpha value is -2.24. The van der Waals surface area contributed by atoms with Gasteiger partial charge in [0, 0.05) is 18.8 Å². The molecule has 0 spiro atoms. The number of nitrogens with zero attached hydrogens (tertiary/aromatic N) is 1. The zero-order chi connectivity index (χ0) is 18.2. The van der Waals surface area contributed by atoms with Gasteiger partial charge in [0.2, 0.25) is 0 Å². The van der Waals surface area contributed by atoms with Crippen LogP contribution in [0.15, 0.2) is 18.2 Å². The number of amides is 3. The van der Waals surface area contributed by atoms with Crippen LogP contribution >= 0.6 is 0 Å². The van der Waals surface area contributed by atoms with Crippen LogP contribution in [0.4, 0.5) is 10.5 Å². The van der Waals surface area contributed by atoms with E-state index < -0.39 is 5.91 Å². The molecule has 25 heavy (non-hydrogen) atoms. The lowest BCUT2D eigenvalue weighted by atomic mass is 9.96. The first-order valence-electron chi connectivity index (χ1n) is 9.07. The minimum atomic E-state index is -0.516. The molecule has 138 valence electrons. The van der Waals surface area contributed by atoms with E-state index in [0.29, 0.717) is 5.75 Å². The third kappa shape index (κ3) is 5.96. The van der Waals surface area contributed by atoms with Gasteiger partial charge in [-0.1, -0.05) is 19.8 Å². The average Bonchev–Trinajstić information content (AvgIpc) is 2.81. The van der Waals surface area contributed by atoms with Gasteiger partial charge in [0.15, 0.2) is 6.61 Å². The van der Waals surface area contributed by atoms with E-state index in [4.69, 9.17) is 10.5 Å². The van der Waals surface area contributed by atoms with Gasteiger partial charge in [-0.3, -0.25) is 4.79 Å². The number of urea groups is 1. The molecular weight excluding hydrogens is 318 g/mol. The van der Waals surface area contributed by atoms with E-state index in [-0.39, 0.29) is 12.6 Å². The summed E-state index contributed by atoms with van der Waals surface area (Å²) in [6, 6.07) is 5.26. The number of benzene rings is 1. The first kappa shape index (κ1) is 19.1. The molecule has 6 nitrogen and oxygen atoms in total. The Labute approximate surface area is 149 Å². The predicted octanol–water partition coefficient (Wildman–Crippen LogP) is 3.29. The third-order valence-corrected chi connectivity index (χ3v) is 4.65. The number of rotatable bonds is 6. The number of likely N-dealkylation sites (tertiary alicyclic amines) is 1. The fourth-order valence-corrected chi connectivity index (χ4v) is 3.28. The van der Waals surface area contributed by atoms with Gasteiger partial charge in [0.05, 0.1) is 0 Å². The number of nitrogens with two attached hydrogens (primary N) is 1. The minimum Gasteiger partial charge on any atom is -0.484 e. The van der Waals surface area contributed by atoms with Crippen LogP contribution in [0.2, 0.25) is 0 Å². The monoisotopic (exact) mass is 347 g/mol. The predicted molar refractivity (Wildman–Crippen MR) is 98.7 cm³/mol. The Morgan fingerprint density at radius 1 is 1.32 bits per heavy atom. The van der Waals surface area contributed by atoms with Gasteiger partial charge in [-0.2, -0.15) is 0 Å². The van der Waals surface area contributed by atoms with Gasteiger partial charge < -0.3 is 20.7 Å². The summed E-state index contributed by atoms with van der Waals surface area (Å²) < 4.78 is 5.28. The van der Waals surface area contributed by atoms with Gasteiger partial charge in [0.1, 0.15) is 5.75 Å². The Morgan fingerprint density at radius 3 is 2.80 bits per heavy atom. The zero-order valence-electron chi connectivity index (χ0n) is 15.2. The number of hydrogen-bond donors (Lipinski definition) is 2. The van der Waals surface area contributed by atoms with Gasteiger partial charge in [-0.15, -0.1) is 0 Å². The van der Waals surface area contributed by atoms with Crippen LogP contribution in [0.25, 0.3) is 0 Å². The number of nitrogens with one attached hydrogen (secondary N) is 1. The molecule has 1 atom stereocenters. The number of carbonyl (C=O) groups excluding carboxylic acids is 2. The topological polar surface area (TPSA) is 84.7 Å². The van der Waals surface area contributed by atoms with Crippen molar-refractivity contribution in [2.75, 3.05) is 25.0 Å². The minimum absolute atomic E-state index is 0.0500. The number of anilines is 1. The largest absolute Gasteiger partial charge is 0.484 e. The molecule has 3 N–H and O–H groups in total. The quantitative estimate of drug-likeness (QED) is 0.828. The van der Waals surface area contributed by atoms with Crippen molar-refractivity contribution in [3.8, 4) is 5.75 Å². The first-order chi connectivity index (χ1) is 12.0. The molecule has 1 heterocycles. The lowest BCUT2D eigenvalue weighted by molar-refractivity contribution is -0.119. The van der Waals surface area contributed by atoms with Gasteiger partial charge in [0.25, 0.3) is 5.91 Å². The average molecular weight is 347 g/mol. The lowest BCUT2D eigenvalue weighted by Crippen LogP contribution is -2.35. The molecule has 3 amide bonds. The SMILES string of the molecule is CCC[C@H]1CCCN(C(=O)Nc2ccc(OCC(N)=O)cc2C)CC1. The van der Waals surface area contributed by atoms with E-state index in [1.807, 2.05) is 11.8 Å². The summed E-state index contributed by atoms with van der Waals surface area (Å²) in [5.74, 6) is 0.787. The Bertz CT molecular complexity index is 604. The van der Waals surface area contributed by atoms with Crippen LogP contribution in [0.5, 0.6) is 5.75 Å². The van der Waals surface area contributed by atoms with E-state index in [1.165, 1.54) is 19.3 Å². The van der Waals surface area contributed by atoms with Crippen molar-refractivity contribution in [1.82, 2.24) is 4.90 Å². The van der Waals surface area contributed by atoms with Crippen LogP contribution < -0.4 is 15.8 Å². The number of aryl methyl sites for hydroxylation is 1. The zero-order valence-corrected chi connectivity index (χ0v) is 15.2. The third-order valence-electron chi connectivity index (χ3n) is 4.65. The molecule has 6 heteroatoms. The maximum absolute atomic E-state index is 12.6. The maximum Gasteiger partial charge on any atom is 0.321 e. The highest BCUT2D eigenvalue weighted by molar-refractivity contribution is 5.90. The van der Waals surface area contributed by atoms with E-state index in [9.17, 15) is 9.59 Å². The molecule has 0 aliphatic carbocycles. The fraction of sp³-hybridized carbons (Fsp3) is 0.579. The van der Waals surface area contributed by atoms with E-state index in [1.54, 1.807) is 18.2 Å². The van der Waals surface area contributed by atoms with Crippen molar-refractivity contribution >= 4 is 17.6 Å². The van der Waals surface area contributed by atoms with Gasteiger partial charge in [-0.25, -0.2) is 4.79 Å². The second-order valence-electron chi connectivity index (χ2n) is 6.73. The summed E-state index contributed by atoms with van der Waals surface area (Å²) in [4.78, 5) is 25.2.